The van der Waals surface area contributed by atoms with Crippen molar-refractivity contribution >= 4 is 0 Å². The molecule has 1 unspecified atom stereocenters. The van der Waals surface area contributed by atoms with Crippen molar-refractivity contribution in [1.29, 1.82) is 0 Å². The lowest BCUT2D eigenvalue weighted by Crippen LogP contribution is -2.40. The lowest BCUT2D eigenvalue weighted by atomic mass is 9.91. The van der Waals surface area contributed by atoms with E-state index in [1.54, 1.807) is 0 Å². The fourth-order valence-electron chi connectivity index (χ4n) is 3.65. The van der Waals surface area contributed by atoms with Crippen LogP contribution in [0.2, 0.25) is 0 Å². The maximum absolute atomic E-state index is 6.38. The first-order chi connectivity index (χ1) is 8.82. The molecule has 1 N–H and O–H groups in total. The highest BCUT2D eigenvalue weighted by Gasteiger charge is 2.47. The van der Waals surface area contributed by atoms with E-state index >= 15 is 0 Å². The highest BCUT2D eigenvalue weighted by molar-refractivity contribution is 4.96. The molecule has 1 saturated heterocycles. The third kappa shape index (κ3) is 3.93. The van der Waals surface area contributed by atoms with E-state index in [1.165, 1.54) is 25.7 Å². The van der Waals surface area contributed by atoms with Crippen molar-refractivity contribution in [3.63, 3.8) is 0 Å². The number of hydrogen-bond donors (Lipinski definition) is 1. The van der Waals surface area contributed by atoms with Gasteiger partial charge in [-0.05, 0) is 59.9 Å². The Balaban J connectivity index is 1.83. The first-order valence-electron chi connectivity index (χ1n) is 7.91. The smallest absolute Gasteiger partial charge is 0.0895 e. The molecule has 3 heteroatoms. The van der Waals surface area contributed by atoms with Gasteiger partial charge in [0.25, 0.3) is 0 Å². The van der Waals surface area contributed by atoms with Gasteiger partial charge in [-0.1, -0.05) is 6.92 Å². The van der Waals surface area contributed by atoms with Crippen LogP contribution in [0.4, 0.5) is 0 Å². The molecule has 2 aliphatic rings. The van der Waals surface area contributed by atoms with E-state index in [9.17, 15) is 0 Å². The zero-order valence-electron chi connectivity index (χ0n) is 13.3. The second kappa shape index (κ2) is 5.71. The zero-order chi connectivity index (χ0) is 14.1. The molecule has 1 heterocycles. The predicted molar refractivity (Wildman–Crippen MR) is 78.5 cm³/mol. The van der Waals surface area contributed by atoms with Crippen LogP contribution >= 0.6 is 0 Å². The average Bonchev–Trinajstić information content (AvgIpc) is 2.50. The second-order valence-electron chi connectivity index (χ2n) is 7.33. The van der Waals surface area contributed by atoms with Crippen LogP contribution in [0.1, 0.15) is 66.7 Å². The number of nitrogens with one attached hydrogen (secondary N) is 1. The maximum Gasteiger partial charge on any atom is 0.0895 e. The Hall–Kier alpha value is -0.120. The summed E-state index contributed by atoms with van der Waals surface area (Å²) >= 11 is 0. The van der Waals surface area contributed by atoms with Gasteiger partial charge in [0.1, 0.15) is 0 Å². The molecule has 0 amide bonds. The van der Waals surface area contributed by atoms with Crippen LogP contribution in [-0.2, 0) is 9.47 Å². The van der Waals surface area contributed by atoms with Gasteiger partial charge >= 0.3 is 0 Å². The summed E-state index contributed by atoms with van der Waals surface area (Å²) in [6.45, 7) is 11.9. The number of rotatable bonds is 4. The molecule has 1 saturated carbocycles. The molecule has 3 nitrogen and oxygen atoms in total. The third-order valence-corrected chi connectivity index (χ3v) is 4.52. The van der Waals surface area contributed by atoms with Gasteiger partial charge in [0.2, 0.25) is 0 Å². The summed E-state index contributed by atoms with van der Waals surface area (Å²) < 4.78 is 12.5. The van der Waals surface area contributed by atoms with Crippen molar-refractivity contribution in [1.82, 2.24) is 5.32 Å². The van der Waals surface area contributed by atoms with E-state index in [-0.39, 0.29) is 17.3 Å². The first-order valence-corrected chi connectivity index (χ1v) is 7.91. The van der Waals surface area contributed by atoms with Gasteiger partial charge in [-0.15, -0.1) is 0 Å². The van der Waals surface area contributed by atoms with E-state index in [4.69, 9.17) is 9.47 Å². The van der Waals surface area contributed by atoms with Gasteiger partial charge < -0.3 is 14.8 Å². The summed E-state index contributed by atoms with van der Waals surface area (Å²) in [5.74, 6) is 0. The summed E-state index contributed by atoms with van der Waals surface area (Å²) in [6, 6.07) is 0.703. The van der Waals surface area contributed by atoms with E-state index in [1.807, 2.05) is 0 Å². The van der Waals surface area contributed by atoms with Gasteiger partial charge in [-0.25, -0.2) is 0 Å². The Morgan fingerprint density at radius 3 is 2.21 bits per heavy atom. The van der Waals surface area contributed by atoms with E-state index in [2.05, 4.69) is 39.9 Å². The highest BCUT2D eigenvalue weighted by atomic mass is 16.6. The quantitative estimate of drug-likeness (QED) is 0.849. The van der Waals surface area contributed by atoms with Gasteiger partial charge in [0.05, 0.1) is 23.4 Å². The fraction of sp³-hybridized carbons (Fsp3) is 1.00. The Labute approximate surface area is 118 Å². The monoisotopic (exact) mass is 269 g/mol. The van der Waals surface area contributed by atoms with Crippen LogP contribution in [0.5, 0.6) is 0 Å². The summed E-state index contributed by atoms with van der Waals surface area (Å²) in [6.07, 6.45) is 6.54. The van der Waals surface area contributed by atoms with Crippen molar-refractivity contribution in [3.8, 4) is 0 Å². The van der Waals surface area contributed by atoms with Gasteiger partial charge in [-0.3, -0.25) is 0 Å². The molecule has 112 valence electrons. The fourth-order valence-corrected chi connectivity index (χ4v) is 3.65. The molecule has 1 aliphatic carbocycles. The molecule has 0 bridgehead atoms. The first kappa shape index (κ1) is 15.3. The van der Waals surface area contributed by atoms with Crippen LogP contribution < -0.4 is 5.32 Å². The Morgan fingerprint density at radius 1 is 1.11 bits per heavy atom. The van der Waals surface area contributed by atoms with Crippen molar-refractivity contribution in [2.75, 3.05) is 6.54 Å². The van der Waals surface area contributed by atoms with Crippen molar-refractivity contribution < 1.29 is 9.47 Å². The second-order valence-corrected chi connectivity index (χ2v) is 7.33. The van der Waals surface area contributed by atoms with Gasteiger partial charge in [0, 0.05) is 12.5 Å². The normalized spacial score (nSPS) is 37.4. The van der Waals surface area contributed by atoms with E-state index in [0.29, 0.717) is 12.1 Å². The van der Waals surface area contributed by atoms with Crippen molar-refractivity contribution in [3.05, 3.63) is 0 Å². The molecule has 0 aromatic carbocycles. The van der Waals surface area contributed by atoms with Crippen molar-refractivity contribution in [2.24, 2.45) is 0 Å². The van der Waals surface area contributed by atoms with E-state index < -0.39 is 0 Å². The zero-order valence-corrected chi connectivity index (χ0v) is 13.3. The third-order valence-electron chi connectivity index (χ3n) is 4.52. The predicted octanol–water partition coefficient (Wildman–Crippen LogP) is 3.27. The lowest BCUT2D eigenvalue weighted by Gasteiger charge is -2.34. The molecule has 2 rings (SSSR count). The molecule has 19 heavy (non-hydrogen) atoms. The van der Waals surface area contributed by atoms with Crippen LogP contribution in [-0.4, -0.2) is 36.0 Å². The standard InChI is InChI=1S/C16H31NO2/c1-6-17-12-7-9-13(10-8-12)18-14-11-15(2,3)19-16(14,4)5/h12-14,17H,6-11H2,1-5H3. The summed E-state index contributed by atoms with van der Waals surface area (Å²) in [4.78, 5) is 0. The summed E-state index contributed by atoms with van der Waals surface area (Å²) in [5.41, 5.74) is -0.197. The van der Waals surface area contributed by atoms with Gasteiger partial charge in [0.15, 0.2) is 0 Å². The minimum Gasteiger partial charge on any atom is -0.372 e. The van der Waals surface area contributed by atoms with Gasteiger partial charge in [-0.2, -0.15) is 0 Å². The molecule has 1 atom stereocenters. The molecule has 0 aromatic heterocycles. The Bertz CT molecular complexity index is 293. The van der Waals surface area contributed by atoms with Crippen LogP contribution in [0, 0.1) is 0 Å². The lowest BCUT2D eigenvalue weighted by molar-refractivity contribution is -0.123. The SMILES string of the molecule is CCNC1CCC(OC2CC(C)(C)OC2(C)C)CC1. The Morgan fingerprint density at radius 2 is 1.74 bits per heavy atom. The van der Waals surface area contributed by atoms with Crippen LogP contribution in [0.25, 0.3) is 0 Å². The van der Waals surface area contributed by atoms with E-state index in [0.717, 1.165) is 13.0 Å². The molecule has 2 fully saturated rings. The number of ether oxygens (including phenoxy) is 2. The Kier molecular flexibility index (Phi) is 4.59. The maximum atomic E-state index is 6.38. The highest BCUT2D eigenvalue weighted by Crippen LogP contribution is 2.40. The minimum absolute atomic E-state index is 0.0465. The molecular weight excluding hydrogens is 238 g/mol. The van der Waals surface area contributed by atoms with Crippen LogP contribution in [0.15, 0.2) is 0 Å². The summed E-state index contributed by atoms with van der Waals surface area (Å²) in [7, 11) is 0. The molecule has 0 spiro atoms. The largest absolute Gasteiger partial charge is 0.372 e. The average molecular weight is 269 g/mol. The molecule has 0 aromatic rings. The number of hydrogen-bond acceptors (Lipinski definition) is 3. The molecule has 0 radical (unpaired) electrons. The minimum atomic E-state index is -0.151. The molecule has 1 aliphatic heterocycles. The topological polar surface area (TPSA) is 30.5 Å². The summed E-state index contributed by atoms with van der Waals surface area (Å²) in [5, 5.41) is 3.55. The van der Waals surface area contributed by atoms with Crippen LogP contribution in [0.3, 0.4) is 0 Å². The molecular formula is C16H31NO2. The van der Waals surface area contributed by atoms with Crippen molar-refractivity contribution in [2.45, 2.75) is 96.2 Å².